The lowest BCUT2D eigenvalue weighted by atomic mass is 10.4. The summed E-state index contributed by atoms with van der Waals surface area (Å²) in [6.45, 7) is 8.22. The number of esters is 1. The van der Waals surface area contributed by atoms with Crippen LogP contribution in [0.25, 0.3) is 0 Å². The van der Waals surface area contributed by atoms with E-state index in [1.165, 1.54) is 13.8 Å². The molecular weight excluding hydrogens is 200 g/mol. The third-order valence-electron chi connectivity index (χ3n) is 1.13. The van der Waals surface area contributed by atoms with Gasteiger partial charge >= 0.3 is 11.9 Å². The van der Waals surface area contributed by atoms with Gasteiger partial charge in [-0.2, -0.15) is 0 Å². The normalized spacial score (nSPS) is 10.7. The highest BCUT2D eigenvalue weighted by Crippen LogP contribution is 1.90. The van der Waals surface area contributed by atoms with Crippen molar-refractivity contribution in [3.8, 4) is 0 Å². The van der Waals surface area contributed by atoms with E-state index in [0.29, 0.717) is 6.61 Å². The van der Waals surface area contributed by atoms with Gasteiger partial charge in [0.25, 0.3) is 0 Å². The van der Waals surface area contributed by atoms with Crippen molar-refractivity contribution in [2.45, 2.75) is 26.9 Å². The molecule has 0 fully saturated rings. The molecule has 5 heteroatoms. The minimum Gasteiger partial charge on any atom is -0.478 e. The number of hydrogen-bond donors (Lipinski definition) is 1. The molecule has 0 aromatic rings. The number of carbonyl (C=O) groups excluding carboxylic acids is 1. The van der Waals surface area contributed by atoms with Crippen LogP contribution in [0.1, 0.15) is 20.8 Å². The summed E-state index contributed by atoms with van der Waals surface area (Å²) < 4.78 is 9.45. The molecule has 1 atom stereocenters. The number of hydrogen-bond acceptors (Lipinski definition) is 4. The van der Waals surface area contributed by atoms with Crippen LogP contribution in [0.5, 0.6) is 0 Å². The fourth-order valence-electron chi connectivity index (χ4n) is 0.552. The molecule has 1 unspecified atom stereocenters. The van der Waals surface area contributed by atoms with Crippen molar-refractivity contribution in [3.05, 3.63) is 12.2 Å². The number of carboxylic acid groups (broad SMARTS) is 1. The topological polar surface area (TPSA) is 72.8 Å². The highest BCUT2D eigenvalue weighted by atomic mass is 16.6. The molecule has 0 bridgehead atoms. The van der Waals surface area contributed by atoms with Gasteiger partial charge in [0, 0.05) is 19.6 Å². The molecule has 0 aromatic heterocycles. The zero-order chi connectivity index (χ0) is 12.4. The molecule has 0 saturated carbocycles. The van der Waals surface area contributed by atoms with Crippen LogP contribution in [0, 0.1) is 0 Å². The molecule has 0 spiro atoms. The predicted octanol–water partition coefficient (Wildman–Crippen LogP) is 1.23. The second-order valence-electron chi connectivity index (χ2n) is 2.96. The summed E-state index contributed by atoms with van der Waals surface area (Å²) in [5.41, 5.74) is 0.176. The molecular formula is C10H18O5. The maximum atomic E-state index is 10.3. The van der Waals surface area contributed by atoms with E-state index < -0.39 is 5.97 Å². The first-order chi connectivity index (χ1) is 6.81. The zero-order valence-electron chi connectivity index (χ0n) is 9.57. The van der Waals surface area contributed by atoms with E-state index in [1.807, 2.05) is 0 Å². The smallest absolute Gasteiger partial charge is 0.330 e. The van der Waals surface area contributed by atoms with Crippen LogP contribution in [0.15, 0.2) is 12.2 Å². The number of aliphatic carboxylic acids is 1. The van der Waals surface area contributed by atoms with E-state index in [0.717, 1.165) is 0 Å². The van der Waals surface area contributed by atoms with E-state index in [-0.39, 0.29) is 17.6 Å². The van der Waals surface area contributed by atoms with Gasteiger partial charge in [-0.25, -0.2) is 4.79 Å². The Kier molecular flexibility index (Phi) is 9.87. The number of ether oxygens (including phenoxy) is 2. The van der Waals surface area contributed by atoms with Crippen LogP contribution < -0.4 is 0 Å². The lowest BCUT2D eigenvalue weighted by Gasteiger charge is -2.08. The Morgan fingerprint density at radius 3 is 2.00 bits per heavy atom. The summed E-state index contributed by atoms with van der Waals surface area (Å²) in [4.78, 5) is 19.9. The van der Waals surface area contributed by atoms with Gasteiger partial charge in [-0.3, -0.25) is 4.79 Å². The van der Waals surface area contributed by atoms with Crippen LogP contribution in [-0.2, 0) is 19.1 Å². The lowest BCUT2D eigenvalue weighted by Crippen LogP contribution is -2.17. The maximum absolute atomic E-state index is 10.3. The third-order valence-corrected chi connectivity index (χ3v) is 1.13. The van der Waals surface area contributed by atoms with E-state index in [2.05, 4.69) is 6.58 Å². The van der Waals surface area contributed by atoms with Crippen molar-refractivity contribution in [2.24, 2.45) is 0 Å². The fraction of sp³-hybridized carbons (Fsp3) is 0.600. The highest BCUT2D eigenvalue weighted by molar-refractivity contribution is 5.84. The summed E-state index contributed by atoms with van der Waals surface area (Å²) in [5, 5.41) is 7.89. The number of carboxylic acids is 1. The molecule has 0 aromatic carbocycles. The minimum atomic E-state index is -0.935. The van der Waals surface area contributed by atoms with Gasteiger partial charge in [0.05, 0.1) is 6.61 Å². The summed E-state index contributed by atoms with van der Waals surface area (Å²) in [7, 11) is 1.57. The molecule has 0 rings (SSSR count). The third kappa shape index (κ3) is 15.4. The minimum absolute atomic E-state index is 0.132. The lowest BCUT2D eigenvalue weighted by molar-refractivity contribution is -0.147. The maximum Gasteiger partial charge on any atom is 0.330 e. The van der Waals surface area contributed by atoms with Gasteiger partial charge in [0.1, 0.15) is 6.10 Å². The first kappa shape index (κ1) is 16.1. The molecule has 15 heavy (non-hydrogen) atoms. The van der Waals surface area contributed by atoms with Crippen LogP contribution in [-0.4, -0.2) is 36.9 Å². The van der Waals surface area contributed by atoms with E-state index in [9.17, 15) is 9.59 Å². The standard InChI is InChI=1S/C6H12O3.C4H6O2/c1-5(4-8-3)9-6(2)7;1-3(2)4(5)6/h5H,4H2,1-3H3;1H2,2H3,(H,5,6). The second-order valence-corrected chi connectivity index (χ2v) is 2.96. The summed E-state index contributed by atoms with van der Waals surface area (Å²) >= 11 is 0. The van der Waals surface area contributed by atoms with Crippen molar-refractivity contribution in [3.63, 3.8) is 0 Å². The Morgan fingerprint density at radius 2 is 1.80 bits per heavy atom. The second kappa shape index (κ2) is 9.21. The predicted molar refractivity (Wildman–Crippen MR) is 55.6 cm³/mol. The molecule has 0 aliphatic carbocycles. The van der Waals surface area contributed by atoms with Crippen molar-refractivity contribution in [1.29, 1.82) is 0 Å². The van der Waals surface area contributed by atoms with Crippen molar-refractivity contribution < 1.29 is 24.2 Å². The fourth-order valence-corrected chi connectivity index (χ4v) is 0.552. The van der Waals surface area contributed by atoms with Gasteiger partial charge in [-0.05, 0) is 13.8 Å². The van der Waals surface area contributed by atoms with Gasteiger partial charge in [-0.1, -0.05) is 6.58 Å². The van der Waals surface area contributed by atoms with Crippen LogP contribution in [0.2, 0.25) is 0 Å². The van der Waals surface area contributed by atoms with Crippen LogP contribution in [0.4, 0.5) is 0 Å². The number of rotatable bonds is 4. The molecule has 0 saturated heterocycles. The molecule has 5 nitrogen and oxygen atoms in total. The van der Waals surface area contributed by atoms with Gasteiger partial charge in [-0.15, -0.1) is 0 Å². The molecule has 0 aliphatic rings. The number of methoxy groups -OCH3 is 1. The highest BCUT2D eigenvalue weighted by Gasteiger charge is 2.02. The SMILES string of the molecule is C=C(C)C(=O)O.COCC(C)OC(C)=O. The summed E-state index contributed by atoms with van der Waals surface area (Å²) in [6.07, 6.45) is -0.132. The van der Waals surface area contributed by atoms with Gasteiger partial charge < -0.3 is 14.6 Å². The average molecular weight is 218 g/mol. The van der Waals surface area contributed by atoms with Crippen LogP contribution in [0.3, 0.4) is 0 Å². The van der Waals surface area contributed by atoms with E-state index >= 15 is 0 Å². The quantitative estimate of drug-likeness (QED) is 0.567. The molecule has 88 valence electrons. The Balaban J connectivity index is 0. The number of carbonyl (C=O) groups is 2. The van der Waals surface area contributed by atoms with Gasteiger partial charge in [0.2, 0.25) is 0 Å². The van der Waals surface area contributed by atoms with E-state index in [4.69, 9.17) is 14.6 Å². The molecule has 0 radical (unpaired) electrons. The van der Waals surface area contributed by atoms with E-state index in [1.54, 1.807) is 14.0 Å². The first-order valence-electron chi connectivity index (χ1n) is 4.36. The molecule has 0 aliphatic heterocycles. The molecule has 0 heterocycles. The Morgan fingerprint density at radius 1 is 1.40 bits per heavy atom. The van der Waals surface area contributed by atoms with Crippen molar-refractivity contribution in [1.82, 2.24) is 0 Å². The first-order valence-corrected chi connectivity index (χ1v) is 4.36. The van der Waals surface area contributed by atoms with Crippen molar-refractivity contribution in [2.75, 3.05) is 13.7 Å². The summed E-state index contributed by atoms with van der Waals surface area (Å²) in [5.74, 6) is -1.20. The van der Waals surface area contributed by atoms with Crippen LogP contribution >= 0.6 is 0 Å². The zero-order valence-corrected chi connectivity index (χ0v) is 9.57. The Bertz CT molecular complexity index is 210. The van der Waals surface area contributed by atoms with Gasteiger partial charge in [0.15, 0.2) is 0 Å². The summed E-state index contributed by atoms with van der Waals surface area (Å²) in [6, 6.07) is 0. The largest absolute Gasteiger partial charge is 0.478 e. The monoisotopic (exact) mass is 218 g/mol. The Labute approximate surface area is 89.7 Å². The average Bonchev–Trinajstić information content (AvgIpc) is 2.03. The molecule has 0 amide bonds. The van der Waals surface area contributed by atoms with Crippen molar-refractivity contribution >= 4 is 11.9 Å². The Hall–Kier alpha value is -1.36. The molecule has 1 N–H and O–H groups in total.